The molecule has 0 bridgehead atoms. The molecule has 0 radical (unpaired) electrons. The van der Waals surface area contributed by atoms with Gasteiger partial charge in [0.15, 0.2) is 0 Å². The smallest absolute Gasteiger partial charge is 0.148 e. The molecule has 0 amide bonds. The molecule has 5 rings (SSSR count). The summed E-state index contributed by atoms with van der Waals surface area (Å²) < 4.78 is 16.7. The molecule has 0 unspecified atom stereocenters. The fraction of sp³-hybridized carbons (Fsp3) is 0.417. The maximum absolute atomic E-state index is 5.66. The van der Waals surface area contributed by atoms with Crippen LogP contribution in [0.5, 0.6) is 17.2 Å². The number of methoxy groups -OCH3 is 3. The number of nitrogens with zero attached hydrogens (tertiary/aromatic N) is 4. The first-order valence-corrected chi connectivity index (χ1v) is 10.8. The molecule has 1 aliphatic heterocycles. The monoisotopic (exact) mass is 420 g/mol. The van der Waals surface area contributed by atoms with Crippen LogP contribution in [-0.4, -0.2) is 57.5 Å². The molecule has 31 heavy (non-hydrogen) atoms. The molecule has 1 saturated heterocycles. The van der Waals surface area contributed by atoms with Gasteiger partial charge in [-0.25, -0.2) is 9.97 Å². The molecule has 7 nitrogen and oxygen atoms in total. The quantitative estimate of drug-likeness (QED) is 0.600. The van der Waals surface area contributed by atoms with E-state index in [1.54, 1.807) is 21.3 Å². The van der Waals surface area contributed by atoms with Crippen LogP contribution >= 0.6 is 0 Å². The van der Waals surface area contributed by atoms with Gasteiger partial charge in [0, 0.05) is 38.2 Å². The van der Waals surface area contributed by atoms with E-state index in [1.165, 1.54) is 0 Å². The van der Waals surface area contributed by atoms with Gasteiger partial charge in [-0.3, -0.25) is 0 Å². The lowest BCUT2D eigenvalue weighted by atomic mass is 10.1. The standard InChI is InChI=1S/C24H28N4O3/c1-29-17-14-18-22(21(15-17)31-3)25-23(16-8-9-16)26-24(18)28-12-10-27(11-13-28)19-6-4-5-7-20(19)30-2/h4-7,14-16H,8-13H2,1-3H3. The van der Waals surface area contributed by atoms with Crippen LogP contribution in [0.25, 0.3) is 10.9 Å². The number of piperazine rings is 1. The highest BCUT2D eigenvalue weighted by Crippen LogP contribution is 2.42. The Hall–Kier alpha value is -3.22. The van der Waals surface area contributed by atoms with E-state index in [0.29, 0.717) is 5.92 Å². The first kappa shape index (κ1) is 19.7. The average Bonchev–Trinajstić information content (AvgIpc) is 3.68. The number of hydrogen-bond donors (Lipinski definition) is 0. The molecule has 0 atom stereocenters. The van der Waals surface area contributed by atoms with Crippen molar-refractivity contribution in [2.45, 2.75) is 18.8 Å². The van der Waals surface area contributed by atoms with Crippen LogP contribution in [0.15, 0.2) is 36.4 Å². The second-order valence-corrected chi connectivity index (χ2v) is 8.05. The fourth-order valence-electron chi connectivity index (χ4n) is 4.27. The van der Waals surface area contributed by atoms with Crippen molar-refractivity contribution in [3.05, 3.63) is 42.2 Å². The zero-order valence-corrected chi connectivity index (χ0v) is 18.3. The van der Waals surface area contributed by atoms with Crippen LogP contribution < -0.4 is 24.0 Å². The lowest BCUT2D eigenvalue weighted by molar-refractivity contribution is 0.397. The van der Waals surface area contributed by atoms with Crippen LogP contribution in [0.3, 0.4) is 0 Å². The summed E-state index contributed by atoms with van der Waals surface area (Å²) in [5, 5.41) is 0.978. The van der Waals surface area contributed by atoms with Crippen molar-refractivity contribution in [1.29, 1.82) is 0 Å². The number of aromatic nitrogens is 2. The molecule has 162 valence electrons. The first-order chi connectivity index (χ1) is 15.2. The molecule has 2 fully saturated rings. The van der Waals surface area contributed by atoms with E-state index in [-0.39, 0.29) is 0 Å². The summed E-state index contributed by atoms with van der Waals surface area (Å²) in [5.41, 5.74) is 2.00. The summed E-state index contributed by atoms with van der Waals surface area (Å²) in [4.78, 5) is 14.6. The predicted octanol–water partition coefficient (Wildman–Crippen LogP) is 3.86. The summed E-state index contributed by atoms with van der Waals surface area (Å²) >= 11 is 0. The summed E-state index contributed by atoms with van der Waals surface area (Å²) in [6.45, 7) is 3.53. The Labute approximate surface area is 182 Å². The second-order valence-electron chi connectivity index (χ2n) is 8.05. The SMILES string of the molecule is COc1cc(OC)c2nc(C3CC3)nc(N3CCN(c4ccccc4OC)CC3)c2c1. The Morgan fingerprint density at radius 2 is 1.52 bits per heavy atom. The number of benzene rings is 2. The molecule has 2 aliphatic rings. The van der Waals surface area contributed by atoms with E-state index in [0.717, 1.165) is 84.5 Å². The summed E-state index contributed by atoms with van der Waals surface area (Å²) in [7, 11) is 5.08. The highest BCUT2D eigenvalue weighted by atomic mass is 16.5. The number of anilines is 2. The van der Waals surface area contributed by atoms with Gasteiger partial charge >= 0.3 is 0 Å². The minimum Gasteiger partial charge on any atom is -0.497 e. The third-order valence-corrected chi connectivity index (χ3v) is 6.14. The molecule has 0 N–H and O–H groups in total. The van der Waals surface area contributed by atoms with Gasteiger partial charge in [-0.1, -0.05) is 12.1 Å². The molecule has 3 aromatic rings. The van der Waals surface area contributed by atoms with Crippen LogP contribution in [0, 0.1) is 0 Å². The van der Waals surface area contributed by atoms with Crippen molar-refractivity contribution in [1.82, 2.24) is 9.97 Å². The Balaban J connectivity index is 1.50. The third kappa shape index (κ3) is 3.69. The Morgan fingerprint density at radius 1 is 0.806 bits per heavy atom. The van der Waals surface area contributed by atoms with Crippen LogP contribution in [0.2, 0.25) is 0 Å². The fourth-order valence-corrected chi connectivity index (χ4v) is 4.27. The molecular formula is C24H28N4O3. The largest absolute Gasteiger partial charge is 0.497 e. The number of rotatable bonds is 6. The van der Waals surface area contributed by atoms with Crippen molar-refractivity contribution in [2.75, 3.05) is 57.3 Å². The minimum absolute atomic E-state index is 0.463. The Bertz CT molecular complexity index is 1090. The van der Waals surface area contributed by atoms with Gasteiger partial charge in [-0.15, -0.1) is 0 Å². The van der Waals surface area contributed by atoms with Gasteiger partial charge in [0.05, 0.1) is 32.4 Å². The third-order valence-electron chi connectivity index (χ3n) is 6.14. The normalized spacial score (nSPS) is 16.5. The van der Waals surface area contributed by atoms with Crippen molar-refractivity contribution in [3.63, 3.8) is 0 Å². The summed E-state index contributed by atoms with van der Waals surface area (Å²) in [6, 6.07) is 12.1. The van der Waals surface area contributed by atoms with E-state index >= 15 is 0 Å². The van der Waals surface area contributed by atoms with E-state index in [9.17, 15) is 0 Å². The van der Waals surface area contributed by atoms with E-state index in [4.69, 9.17) is 24.2 Å². The lowest BCUT2D eigenvalue weighted by Crippen LogP contribution is -2.47. The molecule has 7 heteroatoms. The number of ether oxygens (including phenoxy) is 3. The molecule has 2 aromatic carbocycles. The Morgan fingerprint density at radius 3 is 2.19 bits per heavy atom. The van der Waals surface area contributed by atoms with Gasteiger partial charge in [-0.2, -0.15) is 0 Å². The molecule has 2 heterocycles. The number of hydrogen-bond acceptors (Lipinski definition) is 7. The van der Waals surface area contributed by atoms with Crippen molar-refractivity contribution in [3.8, 4) is 17.2 Å². The van der Waals surface area contributed by atoms with Crippen LogP contribution in [-0.2, 0) is 0 Å². The van der Waals surface area contributed by atoms with Crippen molar-refractivity contribution >= 4 is 22.4 Å². The van der Waals surface area contributed by atoms with E-state index in [2.05, 4.69) is 21.9 Å². The lowest BCUT2D eigenvalue weighted by Gasteiger charge is -2.37. The molecular weight excluding hydrogens is 392 g/mol. The topological polar surface area (TPSA) is 60.0 Å². The number of fused-ring (bicyclic) bond motifs is 1. The molecule has 0 spiro atoms. The predicted molar refractivity (Wildman–Crippen MR) is 122 cm³/mol. The highest BCUT2D eigenvalue weighted by molar-refractivity contribution is 5.95. The van der Waals surface area contributed by atoms with Crippen molar-refractivity contribution in [2.24, 2.45) is 0 Å². The molecule has 1 saturated carbocycles. The van der Waals surface area contributed by atoms with E-state index in [1.807, 2.05) is 24.3 Å². The average molecular weight is 421 g/mol. The van der Waals surface area contributed by atoms with Gasteiger partial charge in [0.2, 0.25) is 0 Å². The van der Waals surface area contributed by atoms with Gasteiger partial charge < -0.3 is 24.0 Å². The van der Waals surface area contributed by atoms with Crippen LogP contribution in [0.1, 0.15) is 24.6 Å². The highest BCUT2D eigenvalue weighted by Gasteiger charge is 2.30. The minimum atomic E-state index is 0.463. The zero-order chi connectivity index (χ0) is 21.4. The maximum Gasteiger partial charge on any atom is 0.148 e. The molecule has 1 aromatic heterocycles. The number of para-hydroxylation sites is 2. The maximum atomic E-state index is 5.66. The van der Waals surface area contributed by atoms with Gasteiger partial charge in [-0.05, 0) is 31.0 Å². The van der Waals surface area contributed by atoms with Crippen molar-refractivity contribution < 1.29 is 14.2 Å². The summed E-state index contributed by atoms with van der Waals surface area (Å²) in [5.74, 6) is 4.76. The second kappa shape index (κ2) is 8.13. The first-order valence-electron chi connectivity index (χ1n) is 10.8. The van der Waals surface area contributed by atoms with Gasteiger partial charge in [0.1, 0.15) is 34.4 Å². The van der Waals surface area contributed by atoms with Gasteiger partial charge in [0.25, 0.3) is 0 Å². The summed E-state index contributed by atoms with van der Waals surface area (Å²) in [6.07, 6.45) is 2.32. The van der Waals surface area contributed by atoms with E-state index < -0.39 is 0 Å². The Kier molecular flexibility index (Phi) is 5.18. The molecule has 1 aliphatic carbocycles. The van der Waals surface area contributed by atoms with Crippen LogP contribution in [0.4, 0.5) is 11.5 Å². The zero-order valence-electron chi connectivity index (χ0n) is 18.3.